The molecule has 0 aliphatic carbocycles. The first kappa shape index (κ1) is 16.0. The van der Waals surface area contributed by atoms with Crippen LogP contribution in [0.25, 0.3) is 0 Å². The number of methoxy groups -OCH3 is 1. The van der Waals surface area contributed by atoms with Gasteiger partial charge in [-0.3, -0.25) is 5.43 Å². The van der Waals surface area contributed by atoms with Crippen LogP contribution in [0.3, 0.4) is 0 Å². The van der Waals surface area contributed by atoms with E-state index < -0.39 is 0 Å². The molecular formula is C18H22N2O2. The maximum atomic E-state index is 5.73. The van der Waals surface area contributed by atoms with Crippen LogP contribution < -0.4 is 10.2 Å². The monoisotopic (exact) mass is 298 g/mol. The lowest BCUT2D eigenvalue weighted by atomic mass is 10.1. The Morgan fingerprint density at radius 1 is 1.14 bits per heavy atom. The smallest absolute Gasteiger partial charge is 0.124 e. The number of nitrogens with one attached hydrogen (secondary N) is 1. The summed E-state index contributed by atoms with van der Waals surface area (Å²) in [6.07, 6.45) is 2.77. The molecule has 0 bridgehead atoms. The van der Waals surface area contributed by atoms with E-state index in [9.17, 15) is 0 Å². The van der Waals surface area contributed by atoms with Crippen LogP contribution >= 0.6 is 0 Å². The van der Waals surface area contributed by atoms with Crippen molar-refractivity contribution in [1.82, 2.24) is 0 Å². The second-order valence-corrected chi connectivity index (χ2v) is 4.88. The molecule has 2 aromatic carbocycles. The molecule has 1 N–H and O–H groups in total. The van der Waals surface area contributed by atoms with Crippen molar-refractivity contribution in [3.63, 3.8) is 0 Å². The lowest BCUT2D eigenvalue weighted by Crippen LogP contribution is -2.01. The Hall–Kier alpha value is -2.33. The van der Waals surface area contributed by atoms with Gasteiger partial charge in [-0.2, -0.15) is 5.10 Å². The Bertz CT molecular complexity index is 597. The zero-order valence-electron chi connectivity index (χ0n) is 13.1. The summed E-state index contributed by atoms with van der Waals surface area (Å²) >= 11 is 0. The highest BCUT2D eigenvalue weighted by Crippen LogP contribution is 2.21. The van der Waals surface area contributed by atoms with Gasteiger partial charge in [0.1, 0.15) is 5.75 Å². The predicted molar refractivity (Wildman–Crippen MR) is 90.6 cm³/mol. The van der Waals surface area contributed by atoms with Gasteiger partial charge in [0.2, 0.25) is 0 Å². The van der Waals surface area contributed by atoms with E-state index in [2.05, 4.69) is 17.5 Å². The maximum Gasteiger partial charge on any atom is 0.124 e. The minimum atomic E-state index is 0.521. The molecule has 4 heteroatoms. The molecule has 0 fully saturated rings. The van der Waals surface area contributed by atoms with E-state index in [0.29, 0.717) is 13.2 Å². The Morgan fingerprint density at radius 3 is 2.68 bits per heavy atom. The van der Waals surface area contributed by atoms with E-state index >= 15 is 0 Å². The maximum absolute atomic E-state index is 5.73. The average Bonchev–Trinajstić information content (AvgIpc) is 2.55. The van der Waals surface area contributed by atoms with Gasteiger partial charge in [-0.1, -0.05) is 25.1 Å². The summed E-state index contributed by atoms with van der Waals surface area (Å²) in [5.41, 5.74) is 5.98. The van der Waals surface area contributed by atoms with E-state index in [1.54, 1.807) is 13.3 Å². The van der Waals surface area contributed by atoms with E-state index in [1.165, 1.54) is 0 Å². The zero-order valence-corrected chi connectivity index (χ0v) is 13.1. The van der Waals surface area contributed by atoms with Gasteiger partial charge in [0.05, 0.1) is 25.1 Å². The second kappa shape index (κ2) is 8.85. The number of anilines is 1. The summed E-state index contributed by atoms with van der Waals surface area (Å²) in [4.78, 5) is 0. The largest absolute Gasteiger partial charge is 0.493 e. The first-order chi connectivity index (χ1) is 10.8. The number of nitrogens with zero attached hydrogens (tertiary/aromatic N) is 1. The number of benzene rings is 2. The molecule has 0 aliphatic heterocycles. The molecule has 0 saturated carbocycles. The van der Waals surface area contributed by atoms with Crippen molar-refractivity contribution in [3.8, 4) is 5.75 Å². The topological polar surface area (TPSA) is 42.8 Å². The molecule has 4 nitrogen and oxygen atoms in total. The van der Waals surface area contributed by atoms with Gasteiger partial charge < -0.3 is 9.47 Å². The number of hydrogen-bond donors (Lipinski definition) is 1. The minimum absolute atomic E-state index is 0.521. The highest BCUT2D eigenvalue weighted by molar-refractivity contribution is 5.81. The van der Waals surface area contributed by atoms with Gasteiger partial charge in [-0.05, 0) is 42.3 Å². The van der Waals surface area contributed by atoms with E-state index in [1.807, 2.05) is 48.5 Å². The SMILES string of the molecule is CCCOc1ccc(C=NNc2ccccc2)cc1COC. The van der Waals surface area contributed by atoms with Crippen molar-refractivity contribution in [2.75, 3.05) is 19.1 Å². The number of hydrogen-bond acceptors (Lipinski definition) is 4. The van der Waals surface area contributed by atoms with Crippen LogP contribution in [-0.4, -0.2) is 19.9 Å². The molecule has 2 rings (SSSR count). The second-order valence-electron chi connectivity index (χ2n) is 4.88. The standard InChI is InChI=1S/C18H22N2O2/c1-3-11-22-18-10-9-15(12-16(18)14-21-2)13-19-20-17-7-5-4-6-8-17/h4-10,12-13,20H,3,11,14H2,1-2H3. The molecule has 0 saturated heterocycles. The third-order valence-electron chi connectivity index (χ3n) is 3.03. The van der Waals surface area contributed by atoms with Crippen molar-refractivity contribution in [3.05, 3.63) is 59.7 Å². The highest BCUT2D eigenvalue weighted by Gasteiger charge is 2.04. The van der Waals surface area contributed by atoms with Gasteiger partial charge in [-0.25, -0.2) is 0 Å². The minimum Gasteiger partial charge on any atom is -0.493 e. The van der Waals surface area contributed by atoms with E-state index in [0.717, 1.165) is 29.0 Å². The molecule has 0 heterocycles. The zero-order chi connectivity index (χ0) is 15.6. The molecule has 0 atom stereocenters. The van der Waals surface area contributed by atoms with Crippen LogP contribution in [0.2, 0.25) is 0 Å². The van der Waals surface area contributed by atoms with Crippen LogP contribution in [0.5, 0.6) is 5.75 Å². The highest BCUT2D eigenvalue weighted by atomic mass is 16.5. The molecular weight excluding hydrogens is 276 g/mol. The van der Waals surface area contributed by atoms with Crippen LogP contribution in [0.4, 0.5) is 5.69 Å². The summed E-state index contributed by atoms with van der Waals surface area (Å²) in [5.74, 6) is 0.872. The normalized spacial score (nSPS) is 10.8. The first-order valence-electron chi connectivity index (χ1n) is 7.42. The summed E-state index contributed by atoms with van der Waals surface area (Å²) in [6, 6.07) is 15.8. The van der Waals surface area contributed by atoms with Crippen molar-refractivity contribution in [1.29, 1.82) is 0 Å². The number of rotatable bonds is 8. The van der Waals surface area contributed by atoms with Crippen LogP contribution in [-0.2, 0) is 11.3 Å². The van der Waals surface area contributed by atoms with Gasteiger partial charge in [-0.15, -0.1) is 0 Å². The van der Waals surface area contributed by atoms with Crippen molar-refractivity contribution in [2.45, 2.75) is 20.0 Å². The van der Waals surface area contributed by atoms with Gasteiger partial charge in [0.25, 0.3) is 0 Å². The Balaban J connectivity index is 2.05. The third kappa shape index (κ3) is 4.90. The summed E-state index contributed by atoms with van der Waals surface area (Å²) < 4.78 is 11.0. The Labute approximate surface area is 131 Å². The quantitative estimate of drug-likeness (QED) is 0.590. The molecule has 0 unspecified atom stereocenters. The van der Waals surface area contributed by atoms with Crippen molar-refractivity contribution >= 4 is 11.9 Å². The van der Waals surface area contributed by atoms with Gasteiger partial charge in [0.15, 0.2) is 0 Å². The number of ether oxygens (including phenoxy) is 2. The molecule has 22 heavy (non-hydrogen) atoms. The Morgan fingerprint density at radius 2 is 1.95 bits per heavy atom. The summed E-state index contributed by atoms with van der Waals surface area (Å²) in [5, 5.41) is 4.25. The van der Waals surface area contributed by atoms with Crippen LogP contribution in [0.1, 0.15) is 24.5 Å². The van der Waals surface area contributed by atoms with Crippen molar-refractivity contribution < 1.29 is 9.47 Å². The summed E-state index contributed by atoms with van der Waals surface area (Å²) in [6.45, 7) is 3.32. The third-order valence-corrected chi connectivity index (χ3v) is 3.03. The van der Waals surface area contributed by atoms with Crippen LogP contribution in [0.15, 0.2) is 53.6 Å². The summed E-state index contributed by atoms with van der Waals surface area (Å²) in [7, 11) is 1.68. The lowest BCUT2D eigenvalue weighted by molar-refractivity contribution is 0.179. The fourth-order valence-electron chi connectivity index (χ4n) is 1.99. The molecule has 0 amide bonds. The first-order valence-corrected chi connectivity index (χ1v) is 7.42. The number of para-hydroxylation sites is 1. The number of hydrazone groups is 1. The average molecular weight is 298 g/mol. The molecule has 2 aromatic rings. The van der Waals surface area contributed by atoms with Gasteiger partial charge in [0, 0.05) is 12.7 Å². The molecule has 0 spiro atoms. The predicted octanol–water partition coefficient (Wildman–Crippen LogP) is 4.07. The molecule has 116 valence electrons. The van der Waals surface area contributed by atoms with Crippen LogP contribution in [0, 0.1) is 0 Å². The Kier molecular flexibility index (Phi) is 6.45. The molecule has 0 aromatic heterocycles. The molecule has 0 aliphatic rings. The fraction of sp³-hybridized carbons (Fsp3) is 0.278. The molecule has 0 radical (unpaired) electrons. The lowest BCUT2D eigenvalue weighted by Gasteiger charge is -2.11. The fourth-order valence-corrected chi connectivity index (χ4v) is 1.99. The van der Waals surface area contributed by atoms with E-state index in [-0.39, 0.29) is 0 Å². The van der Waals surface area contributed by atoms with Gasteiger partial charge >= 0.3 is 0 Å². The van der Waals surface area contributed by atoms with E-state index in [4.69, 9.17) is 9.47 Å². The van der Waals surface area contributed by atoms with Crippen molar-refractivity contribution in [2.24, 2.45) is 5.10 Å².